The molecule has 0 fully saturated rings. The molecule has 1 aromatic carbocycles. The zero-order valence-electron chi connectivity index (χ0n) is 11.5. The minimum Gasteiger partial charge on any atom is -0.377 e. The fourth-order valence-corrected chi connectivity index (χ4v) is 2.36. The summed E-state index contributed by atoms with van der Waals surface area (Å²) in [4.78, 5) is 4.48. The van der Waals surface area contributed by atoms with Crippen LogP contribution in [0.4, 0.5) is 0 Å². The highest BCUT2D eigenvalue weighted by atomic mass is 79.9. The highest BCUT2D eigenvalue weighted by Gasteiger charge is 2.15. The van der Waals surface area contributed by atoms with E-state index >= 15 is 0 Å². The van der Waals surface area contributed by atoms with Gasteiger partial charge in [0.2, 0.25) is 0 Å². The van der Waals surface area contributed by atoms with Gasteiger partial charge in [0.05, 0.1) is 11.1 Å². The summed E-state index contributed by atoms with van der Waals surface area (Å²) in [6.07, 6.45) is 1.83. The van der Waals surface area contributed by atoms with Crippen molar-refractivity contribution in [3.05, 3.63) is 40.5 Å². The van der Waals surface area contributed by atoms with Gasteiger partial charge >= 0.3 is 0 Å². The summed E-state index contributed by atoms with van der Waals surface area (Å²) < 4.78 is 6.48. The normalized spacial score (nSPS) is 12.0. The second kappa shape index (κ2) is 5.99. The van der Waals surface area contributed by atoms with E-state index in [0.717, 1.165) is 28.5 Å². The van der Waals surface area contributed by atoms with Gasteiger partial charge in [-0.1, -0.05) is 28.1 Å². The maximum atomic E-state index is 5.40. The van der Waals surface area contributed by atoms with E-state index in [9.17, 15) is 0 Å². The van der Waals surface area contributed by atoms with Gasteiger partial charge in [-0.05, 0) is 31.5 Å². The summed E-state index contributed by atoms with van der Waals surface area (Å²) >= 11 is 3.56. The molecule has 102 valence electrons. The third-order valence-electron chi connectivity index (χ3n) is 3.22. The molecule has 0 bridgehead atoms. The predicted octanol–water partition coefficient (Wildman–Crippen LogP) is 3.51. The van der Waals surface area contributed by atoms with E-state index in [1.165, 1.54) is 5.56 Å². The highest BCUT2D eigenvalue weighted by molar-refractivity contribution is 9.10. The van der Waals surface area contributed by atoms with E-state index in [0.29, 0.717) is 0 Å². The number of nitrogens with zero attached hydrogens (tertiary/aromatic N) is 1. The maximum absolute atomic E-state index is 5.40. The minimum atomic E-state index is -0.154. The number of fused-ring (bicyclic) bond motifs is 1. The molecular weight excluding hydrogens is 304 g/mol. The van der Waals surface area contributed by atoms with E-state index in [4.69, 9.17) is 4.74 Å². The van der Waals surface area contributed by atoms with E-state index in [-0.39, 0.29) is 5.60 Å². The minimum absolute atomic E-state index is 0.154. The summed E-state index contributed by atoms with van der Waals surface area (Å²) in [5, 5.41) is 4.57. The predicted molar refractivity (Wildman–Crippen MR) is 82.2 cm³/mol. The largest absolute Gasteiger partial charge is 0.377 e. The van der Waals surface area contributed by atoms with Crippen molar-refractivity contribution >= 4 is 26.8 Å². The Hall–Kier alpha value is -0.970. The number of aromatic nitrogens is 1. The number of hydrogen-bond acceptors (Lipinski definition) is 3. The van der Waals surface area contributed by atoms with Gasteiger partial charge in [0.1, 0.15) is 0 Å². The third kappa shape index (κ3) is 3.53. The molecule has 1 heterocycles. The average Bonchev–Trinajstić information content (AvgIpc) is 2.42. The first-order chi connectivity index (χ1) is 9.03. The molecule has 0 atom stereocenters. The topological polar surface area (TPSA) is 34.1 Å². The molecule has 0 aliphatic carbocycles. The lowest BCUT2D eigenvalue weighted by molar-refractivity contribution is 0.0231. The van der Waals surface area contributed by atoms with Gasteiger partial charge in [-0.3, -0.25) is 4.98 Å². The van der Waals surface area contributed by atoms with Gasteiger partial charge < -0.3 is 10.1 Å². The highest BCUT2D eigenvalue weighted by Crippen LogP contribution is 2.25. The van der Waals surface area contributed by atoms with Crippen molar-refractivity contribution < 1.29 is 4.74 Å². The fourth-order valence-electron chi connectivity index (χ4n) is 1.91. The van der Waals surface area contributed by atoms with Gasteiger partial charge in [-0.25, -0.2) is 0 Å². The number of hydrogen-bond donors (Lipinski definition) is 1. The van der Waals surface area contributed by atoms with Gasteiger partial charge in [0.25, 0.3) is 0 Å². The SMILES string of the molecule is COC(C)(C)CNCc1ccc(Br)c2cccnc12. The van der Waals surface area contributed by atoms with E-state index in [2.05, 4.69) is 58.3 Å². The Morgan fingerprint density at radius 3 is 2.84 bits per heavy atom. The number of halogens is 1. The Balaban J connectivity index is 2.16. The molecule has 0 amide bonds. The van der Waals surface area contributed by atoms with Crippen LogP contribution in [-0.4, -0.2) is 24.2 Å². The van der Waals surface area contributed by atoms with Crippen molar-refractivity contribution in [2.45, 2.75) is 26.0 Å². The molecule has 2 rings (SSSR count). The van der Waals surface area contributed by atoms with Crippen LogP contribution in [0.3, 0.4) is 0 Å². The molecule has 0 saturated carbocycles. The van der Waals surface area contributed by atoms with Crippen molar-refractivity contribution in [3.63, 3.8) is 0 Å². The molecule has 4 heteroatoms. The Labute approximate surface area is 122 Å². The first-order valence-corrected chi connectivity index (χ1v) is 7.11. The second-order valence-electron chi connectivity index (χ2n) is 5.17. The average molecular weight is 323 g/mol. The smallest absolute Gasteiger partial charge is 0.0758 e. The second-order valence-corrected chi connectivity index (χ2v) is 6.03. The first kappa shape index (κ1) is 14.4. The lowest BCUT2D eigenvalue weighted by atomic mass is 10.1. The number of benzene rings is 1. The summed E-state index contributed by atoms with van der Waals surface area (Å²) in [5.74, 6) is 0. The Morgan fingerprint density at radius 1 is 1.32 bits per heavy atom. The fraction of sp³-hybridized carbons (Fsp3) is 0.400. The molecule has 0 aliphatic rings. The summed E-state index contributed by atoms with van der Waals surface area (Å²) in [6, 6.07) is 8.21. The van der Waals surface area contributed by atoms with E-state index in [1.807, 2.05) is 12.3 Å². The number of ether oxygens (including phenoxy) is 1. The van der Waals surface area contributed by atoms with E-state index < -0.39 is 0 Å². The zero-order chi connectivity index (χ0) is 13.9. The molecule has 19 heavy (non-hydrogen) atoms. The van der Waals surface area contributed by atoms with Crippen LogP contribution in [0.1, 0.15) is 19.4 Å². The molecule has 0 radical (unpaired) electrons. The molecule has 0 unspecified atom stereocenters. The van der Waals surface area contributed by atoms with Gasteiger partial charge in [0.15, 0.2) is 0 Å². The van der Waals surface area contributed by atoms with Crippen molar-refractivity contribution in [3.8, 4) is 0 Å². The monoisotopic (exact) mass is 322 g/mol. The molecule has 0 aliphatic heterocycles. The van der Waals surface area contributed by atoms with Crippen LogP contribution in [0.25, 0.3) is 10.9 Å². The standard InChI is InChI=1S/C15H19BrN2O/c1-15(2,19-3)10-17-9-11-6-7-13(16)12-5-4-8-18-14(11)12/h4-8,17H,9-10H2,1-3H3. The van der Waals surface area contributed by atoms with Crippen molar-refractivity contribution in [2.24, 2.45) is 0 Å². The lowest BCUT2D eigenvalue weighted by Gasteiger charge is -2.23. The summed E-state index contributed by atoms with van der Waals surface area (Å²) in [7, 11) is 1.73. The van der Waals surface area contributed by atoms with Crippen LogP contribution in [0.2, 0.25) is 0 Å². The number of methoxy groups -OCH3 is 1. The first-order valence-electron chi connectivity index (χ1n) is 6.31. The molecular formula is C15H19BrN2O. The van der Waals surface area contributed by atoms with Crippen molar-refractivity contribution in [1.82, 2.24) is 10.3 Å². The van der Waals surface area contributed by atoms with Gasteiger partial charge in [-0.15, -0.1) is 0 Å². The van der Waals surface area contributed by atoms with Crippen LogP contribution in [0.15, 0.2) is 34.9 Å². The zero-order valence-corrected chi connectivity index (χ0v) is 13.1. The van der Waals surface area contributed by atoms with Crippen molar-refractivity contribution in [1.29, 1.82) is 0 Å². The molecule has 0 saturated heterocycles. The summed E-state index contributed by atoms with van der Waals surface area (Å²) in [6.45, 7) is 5.72. The van der Waals surface area contributed by atoms with Crippen molar-refractivity contribution in [2.75, 3.05) is 13.7 Å². The van der Waals surface area contributed by atoms with Crippen LogP contribution in [-0.2, 0) is 11.3 Å². The number of rotatable bonds is 5. The Morgan fingerprint density at radius 2 is 2.11 bits per heavy atom. The number of nitrogens with one attached hydrogen (secondary N) is 1. The van der Waals surface area contributed by atoms with Crippen LogP contribution < -0.4 is 5.32 Å². The third-order valence-corrected chi connectivity index (χ3v) is 3.91. The molecule has 0 spiro atoms. The summed E-state index contributed by atoms with van der Waals surface area (Å²) in [5.41, 5.74) is 2.09. The van der Waals surface area contributed by atoms with Gasteiger partial charge in [0, 0.05) is 36.3 Å². The molecule has 1 aromatic heterocycles. The van der Waals surface area contributed by atoms with E-state index in [1.54, 1.807) is 7.11 Å². The molecule has 3 nitrogen and oxygen atoms in total. The maximum Gasteiger partial charge on any atom is 0.0758 e. The van der Waals surface area contributed by atoms with Crippen LogP contribution in [0, 0.1) is 0 Å². The van der Waals surface area contributed by atoms with Crippen LogP contribution in [0.5, 0.6) is 0 Å². The Bertz CT molecular complexity index is 569. The Kier molecular flexibility index (Phi) is 4.55. The van der Waals surface area contributed by atoms with Gasteiger partial charge in [-0.2, -0.15) is 0 Å². The van der Waals surface area contributed by atoms with Crippen LogP contribution >= 0.6 is 15.9 Å². The molecule has 1 N–H and O–H groups in total. The quantitative estimate of drug-likeness (QED) is 0.914. The lowest BCUT2D eigenvalue weighted by Crippen LogP contribution is -2.36. The number of pyridine rings is 1. The molecule has 2 aromatic rings.